The largest absolute Gasteiger partial charge is 0.477 e. The van der Waals surface area contributed by atoms with Gasteiger partial charge in [0.05, 0.1) is 13.2 Å². The van der Waals surface area contributed by atoms with Crippen molar-refractivity contribution in [2.45, 2.75) is 32.3 Å². The number of nitrogens with zero attached hydrogens (tertiary/aromatic N) is 1. The molecule has 3 heteroatoms. The van der Waals surface area contributed by atoms with Gasteiger partial charge >= 0.3 is 0 Å². The number of aromatic nitrogens is 1. The fourth-order valence-corrected chi connectivity index (χ4v) is 1.78. The zero-order valence-electron chi connectivity index (χ0n) is 8.85. The molecule has 0 radical (unpaired) electrons. The van der Waals surface area contributed by atoms with E-state index in [1.165, 1.54) is 19.3 Å². The van der Waals surface area contributed by atoms with E-state index >= 15 is 0 Å². The molecule has 0 atom stereocenters. The van der Waals surface area contributed by atoms with E-state index in [-0.39, 0.29) is 6.61 Å². The fourth-order valence-electron chi connectivity index (χ4n) is 1.78. The fraction of sp³-hybridized carbons (Fsp3) is 0.583. The van der Waals surface area contributed by atoms with Crippen LogP contribution < -0.4 is 4.74 Å². The van der Waals surface area contributed by atoms with Crippen LogP contribution in [-0.4, -0.2) is 16.7 Å². The molecule has 0 unspecified atom stereocenters. The Labute approximate surface area is 90.1 Å². The van der Waals surface area contributed by atoms with Gasteiger partial charge in [-0.05, 0) is 24.5 Å². The zero-order valence-corrected chi connectivity index (χ0v) is 8.85. The normalized spacial score (nSPS) is 16.1. The number of hydrogen-bond donors (Lipinski definition) is 1. The molecule has 0 spiro atoms. The molecule has 1 fully saturated rings. The van der Waals surface area contributed by atoms with Crippen LogP contribution in [0.15, 0.2) is 18.3 Å². The molecule has 2 rings (SSSR count). The molecular weight excluding hydrogens is 190 g/mol. The van der Waals surface area contributed by atoms with Crippen LogP contribution in [0.3, 0.4) is 0 Å². The lowest BCUT2D eigenvalue weighted by Gasteiger charge is -2.24. The molecule has 1 N–H and O–H groups in total. The summed E-state index contributed by atoms with van der Waals surface area (Å²) in [6.45, 7) is 0.710. The summed E-state index contributed by atoms with van der Waals surface area (Å²) >= 11 is 0. The Morgan fingerprint density at radius 3 is 3.00 bits per heavy atom. The van der Waals surface area contributed by atoms with Gasteiger partial charge in [-0.25, -0.2) is 4.98 Å². The van der Waals surface area contributed by atoms with Crippen LogP contribution in [0.1, 0.15) is 31.2 Å². The van der Waals surface area contributed by atoms with E-state index in [2.05, 4.69) is 4.98 Å². The molecule has 1 aromatic heterocycles. The van der Waals surface area contributed by atoms with Crippen molar-refractivity contribution in [2.75, 3.05) is 6.61 Å². The quantitative estimate of drug-likeness (QED) is 0.804. The Morgan fingerprint density at radius 2 is 2.33 bits per heavy atom. The number of aliphatic hydroxyl groups is 1. The first-order chi connectivity index (χ1) is 7.40. The van der Waals surface area contributed by atoms with Crippen LogP contribution >= 0.6 is 0 Å². The standard InChI is InChI=1S/C12H17NO2/c14-9-11-5-2-7-13-12(11)15-8-6-10-3-1-4-10/h2,5,7,10,14H,1,3-4,6,8-9H2. The highest BCUT2D eigenvalue weighted by Gasteiger charge is 2.17. The zero-order chi connectivity index (χ0) is 10.5. The Hall–Kier alpha value is -1.09. The minimum absolute atomic E-state index is 0.00734. The van der Waals surface area contributed by atoms with Crippen molar-refractivity contribution in [3.8, 4) is 5.88 Å². The van der Waals surface area contributed by atoms with Gasteiger partial charge in [-0.2, -0.15) is 0 Å². The average molecular weight is 207 g/mol. The molecule has 0 aliphatic heterocycles. The van der Waals surface area contributed by atoms with E-state index in [9.17, 15) is 0 Å². The molecule has 0 aromatic carbocycles. The molecule has 1 heterocycles. The maximum Gasteiger partial charge on any atom is 0.218 e. The van der Waals surface area contributed by atoms with Gasteiger partial charge in [-0.3, -0.25) is 0 Å². The third kappa shape index (κ3) is 2.69. The number of pyridine rings is 1. The van der Waals surface area contributed by atoms with Crippen molar-refractivity contribution in [1.82, 2.24) is 4.98 Å². The Bertz CT molecular complexity index is 310. The van der Waals surface area contributed by atoms with Crippen molar-refractivity contribution in [2.24, 2.45) is 5.92 Å². The van der Waals surface area contributed by atoms with E-state index in [0.717, 1.165) is 17.9 Å². The molecule has 1 aromatic rings. The third-order valence-electron chi connectivity index (χ3n) is 3.01. The number of hydrogen-bond acceptors (Lipinski definition) is 3. The van der Waals surface area contributed by atoms with Crippen molar-refractivity contribution in [3.05, 3.63) is 23.9 Å². The summed E-state index contributed by atoms with van der Waals surface area (Å²) in [6.07, 6.45) is 6.87. The van der Waals surface area contributed by atoms with Crippen molar-refractivity contribution >= 4 is 0 Å². The van der Waals surface area contributed by atoms with Crippen LogP contribution in [0.25, 0.3) is 0 Å². The third-order valence-corrected chi connectivity index (χ3v) is 3.01. The van der Waals surface area contributed by atoms with Crippen molar-refractivity contribution in [3.63, 3.8) is 0 Å². The number of ether oxygens (including phenoxy) is 1. The highest BCUT2D eigenvalue weighted by Crippen LogP contribution is 2.29. The van der Waals surface area contributed by atoms with Gasteiger partial charge in [-0.15, -0.1) is 0 Å². The maximum absolute atomic E-state index is 9.06. The minimum Gasteiger partial charge on any atom is -0.477 e. The summed E-state index contributed by atoms with van der Waals surface area (Å²) < 4.78 is 5.56. The first-order valence-electron chi connectivity index (χ1n) is 5.57. The Morgan fingerprint density at radius 1 is 1.47 bits per heavy atom. The van der Waals surface area contributed by atoms with Gasteiger partial charge in [0, 0.05) is 11.8 Å². The molecule has 0 bridgehead atoms. The molecule has 15 heavy (non-hydrogen) atoms. The lowest BCUT2D eigenvalue weighted by Crippen LogP contribution is -2.15. The molecule has 1 saturated carbocycles. The van der Waals surface area contributed by atoms with Gasteiger partial charge in [0.15, 0.2) is 0 Å². The first-order valence-corrected chi connectivity index (χ1v) is 5.57. The highest BCUT2D eigenvalue weighted by atomic mass is 16.5. The number of aliphatic hydroxyl groups excluding tert-OH is 1. The van der Waals surface area contributed by atoms with Crippen LogP contribution in [-0.2, 0) is 6.61 Å². The number of rotatable bonds is 5. The summed E-state index contributed by atoms with van der Waals surface area (Å²) in [4.78, 5) is 4.11. The first kappa shape index (κ1) is 10.4. The summed E-state index contributed by atoms with van der Waals surface area (Å²) in [5, 5.41) is 9.06. The molecule has 1 aliphatic carbocycles. The molecule has 0 amide bonds. The molecule has 82 valence electrons. The molecule has 0 saturated heterocycles. The Balaban J connectivity index is 1.81. The van der Waals surface area contributed by atoms with Crippen LogP contribution in [0.4, 0.5) is 0 Å². The summed E-state index contributed by atoms with van der Waals surface area (Å²) in [6, 6.07) is 3.65. The second-order valence-electron chi connectivity index (χ2n) is 4.06. The van der Waals surface area contributed by atoms with E-state index < -0.39 is 0 Å². The second-order valence-corrected chi connectivity index (χ2v) is 4.06. The summed E-state index contributed by atoms with van der Waals surface area (Å²) in [5.74, 6) is 1.44. The van der Waals surface area contributed by atoms with E-state index in [4.69, 9.17) is 9.84 Å². The van der Waals surface area contributed by atoms with Crippen LogP contribution in [0.2, 0.25) is 0 Å². The predicted octanol–water partition coefficient (Wildman–Crippen LogP) is 2.14. The predicted molar refractivity (Wildman–Crippen MR) is 57.6 cm³/mol. The van der Waals surface area contributed by atoms with Crippen LogP contribution in [0.5, 0.6) is 5.88 Å². The van der Waals surface area contributed by atoms with Crippen LogP contribution in [0, 0.1) is 5.92 Å². The molecule has 1 aliphatic rings. The minimum atomic E-state index is -0.00734. The van der Waals surface area contributed by atoms with Gasteiger partial charge in [0.25, 0.3) is 0 Å². The van der Waals surface area contributed by atoms with E-state index in [1.807, 2.05) is 12.1 Å². The van der Waals surface area contributed by atoms with Gasteiger partial charge in [-0.1, -0.05) is 19.3 Å². The monoisotopic (exact) mass is 207 g/mol. The topological polar surface area (TPSA) is 42.4 Å². The Kier molecular flexibility index (Phi) is 3.56. The smallest absolute Gasteiger partial charge is 0.218 e. The van der Waals surface area contributed by atoms with Gasteiger partial charge in [0.1, 0.15) is 0 Å². The lowest BCUT2D eigenvalue weighted by molar-refractivity contribution is 0.210. The SMILES string of the molecule is OCc1cccnc1OCCC1CCC1. The summed E-state index contributed by atoms with van der Waals surface area (Å²) in [7, 11) is 0. The molecular formula is C12H17NO2. The van der Waals surface area contributed by atoms with E-state index in [1.54, 1.807) is 6.20 Å². The lowest BCUT2D eigenvalue weighted by atomic mass is 9.83. The van der Waals surface area contributed by atoms with Gasteiger partial charge < -0.3 is 9.84 Å². The van der Waals surface area contributed by atoms with E-state index in [0.29, 0.717) is 12.5 Å². The van der Waals surface area contributed by atoms with Crippen molar-refractivity contribution < 1.29 is 9.84 Å². The average Bonchev–Trinajstić information content (AvgIpc) is 2.22. The van der Waals surface area contributed by atoms with Gasteiger partial charge in [0.2, 0.25) is 5.88 Å². The highest BCUT2D eigenvalue weighted by molar-refractivity contribution is 5.24. The second kappa shape index (κ2) is 5.12. The van der Waals surface area contributed by atoms with Crippen molar-refractivity contribution in [1.29, 1.82) is 0 Å². The summed E-state index contributed by atoms with van der Waals surface area (Å²) in [5.41, 5.74) is 0.770. The molecule has 3 nitrogen and oxygen atoms in total. The maximum atomic E-state index is 9.06.